The molecule has 2 nitrogen and oxygen atoms in total. The predicted octanol–water partition coefficient (Wildman–Crippen LogP) is 4.04. The van der Waals surface area contributed by atoms with Gasteiger partial charge < -0.3 is 11.1 Å². The van der Waals surface area contributed by atoms with Gasteiger partial charge in [0, 0.05) is 12.1 Å². The van der Waals surface area contributed by atoms with E-state index in [4.69, 9.17) is 17.3 Å². The molecule has 0 bridgehead atoms. The lowest BCUT2D eigenvalue weighted by molar-refractivity contribution is 0.592. The molecule has 0 radical (unpaired) electrons. The van der Waals surface area contributed by atoms with Crippen LogP contribution >= 0.6 is 11.6 Å². The van der Waals surface area contributed by atoms with Gasteiger partial charge in [-0.15, -0.1) is 0 Å². The normalized spacial score (nSPS) is 12.2. The predicted molar refractivity (Wildman–Crippen MR) is 78.0 cm³/mol. The first-order valence-electron chi connectivity index (χ1n) is 6.19. The quantitative estimate of drug-likeness (QED) is 0.893. The first kappa shape index (κ1) is 14.8. The summed E-state index contributed by atoms with van der Waals surface area (Å²) in [5.41, 5.74) is 7.45. The molecular formula is C15H15ClF2N2. The highest BCUT2D eigenvalue weighted by Crippen LogP contribution is 2.28. The van der Waals surface area contributed by atoms with Crippen molar-refractivity contribution in [3.8, 4) is 0 Å². The number of anilines is 1. The summed E-state index contributed by atoms with van der Waals surface area (Å²) in [4.78, 5) is 0. The Labute approximate surface area is 121 Å². The summed E-state index contributed by atoms with van der Waals surface area (Å²) in [6, 6.07) is 8.28. The van der Waals surface area contributed by atoms with Gasteiger partial charge in [0.1, 0.15) is 11.6 Å². The number of hydrogen-bond acceptors (Lipinski definition) is 2. The summed E-state index contributed by atoms with van der Waals surface area (Å²) in [5, 5.41) is 3.34. The molecule has 1 unspecified atom stereocenters. The molecule has 0 spiro atoms. The molecule has 2 aromatic rings. The first-order valence-corrected chi connectivity index (χ1v) is 6.56. The van der Waals surface area contributed by atoms with E-state index in [1.807, 2.05) is 6.92 Å². The molecule has 0 aliphatic rings. The van der Waals surface area contributed by atoms with Gasteiger partial charge in [-0.05, 0) is 31.2 Å². The summed E-state index contributed by atoms with van der Waals surface area (Å²) in [6.07, 6.45) is 0. The van der Waals surface area contributed by atoms with Gasteiger partial charge in [0.15, 0.2) is 0 Å². The van der Waals surface area contributed by atoms with Crippen LogP contribution in [0.3, 0.4) is 0 Å². The Morgan fingerprint density at radius 3 is 2.65 bits per heavy atom. The van der Waals surface area contributed by atoms with Gasteiger partial charge in [-0.25, -0.2) is 8.78 Å². The fraction of sp³-hybridized carbons (Fsp3) is 0.200. The fourth-order valence-electron chi connectivity index (χ4n) is 1.99. The van der Waals surface area contributed by atoms with Gasteiger partial charge in [-0.2, -0.15) is 0 Å². The summed E-state index contributed by atoms with van der Waals surface area (Å²) in [6.45, 7) is 2.03. The summed E-state index contributed by atoms with van der Waals surface area (Å²) >= 11 is 5.99. The van der Waals surface area contributed by atoms with E-state index in [-0.39, 0.29) is 12.4 Å². The molecule has 2 rings (SSSR count). The third-order valence-electron chi connectivity index (χ3n) is 3.02. The minimum atomic E-state index is -0.478. The lowest BCUT2D eigenvalue weighted by Gasteiger charge is -2.20. The zero-order chi connectivity index (χ0) is 14.7. The van der Waals surface area contributed by atoms with E-state index in [1.165, 1.54) is 24.3 Å². The average molecular weight is 297 g/mol. The third kappa shape index (κ3) is 3.26. The molecule has 1 atom stereocenters. The standard InChI is InChI=1S/C15H15ClF2N2/c1-9-2-5-13(18)11(6-9)15(8-19)20-14-7-10(17)3-4-12(14)16/h2-7,15,20H,8,19H2,1H3. The lowest BCUT2D eigenvalue weighted by Crippen LogP contribution is -2.22. The Morgan fingerprint density at radius 1 is 1.20 bits per heavy atom. The molecule has 0 saturated carbocycles. The summed E-state index contributed by atoms with van der Waals surface area (Å²) in [7, 11) is 0. The van der Waals surface area contributed by atoms with Gasteiger partial charge >= 0.3 is 0 Å². The summed E-state index contributed by atoms with van der Waals surface area (Å²) in [5.74, 6) is -0.775. The van der Waals surface area contributed by atoms with E-state index >= 15 is 0 Å². The lowest BCUT2D eigenvalue weighted by atomic mass is 10.0. The van der Waals surface area contributed by atoms with Crippen molar-refractivity contribution in [2.24, 2.45) is 5.73 Å². The number of nitrogens with one attached hydrogen (secondary N) is 1. The van der Waals surface area contributed by atoms with Gasteiger partial charge in [0.05, 0.1) is 16.8 Å². The number of benzene rings is 2. The van der Waals surface area contributed by atoms with Crippen LogP contribution in [-0.4, -0.2) is 6.54 Å². The third-order valence-corrected chi connectivity index (χ3v) is 3.35. The Morgan fingerprint density at radius 2 is 1.95 bits per heavy atom. The molecule has 2 aromatic carbocycles. The van der Waals surface area contributed by atoms with Crippen LogP contribution in [0.1, 0.15) is 17.2 Å². The van der Waals surface area contributed by atoms with E-state index in [1.54, 1.807) is 12.1 Å². The van der Waals surface area contributed by atoms with Gasteiger partial charge in [-0.3, -0.25) is 0 Å². The van der Waals surface area contributed by atoms with Gasteiger partial charge in [0.2, 0.25) is 0 Å². The molecular weight excluding hydrogens is 282 g/mol. The largest absolute Gasteiger partial charge is 0.376 e. The van der Waals surface area contributed by atoms with Crippen LogP contribution in [0.2, 0.25) is 5.02 Å². The Balaban J connectivity index is 2.33. The number of aryl methyl sites for hydroxylation is 1. The van der Waals surface area contributed by atoms with Crippen LogP contribution in [0.15, 0.2) is 36.4 Å². The Kier molecular flexibility index (Phi) is 4.57. The van der Waals surface area contributed by atoms with E-state index in [9.17, 15) is 8.78 Å². The topological polar surface area (TPSA) is 38.0 Å². The monoisotopic (exact) mass is 296 g/mol. The van der Waals surface area contributed by atoms with Crippen LogP contribution in [-0.2, 0) is 0 Å². The molecule has 0 fully saturated rings. The van der Waals surface area contributed by atoms with E-state index in [0.29, 0.717) is 16.3 Å². The van der Waals surface area contributed by atoms with Crippen LogP contribution < -0.4 is 11.1 Å². The second-order valence-electron chi connectivity index (χ2n) is 4.58. The van der Waals surface area contributed by atoms with E-state index in [0.717, 1.165) is 5.56 Å². The molecule has 0 aliphatic carbocycles. The highest BCUT2D eigenvalue weighted by Gasteiger charge is 2.16. The smallest absolute Gasteiger partial charge is 0.128 e. The van der Waals surface area contributed by atoms with Gasteiger partial charge in [0.25, 0.3) is 0 Å². The fourth-order valence-corrected chi connectivity index (χ4v) is 2.16. The second-order valence-corrected chi connectivity index (χ2v) is 4.99. The maximum atomic E-state index is 13.9. The number of rotatable bonds is 4. The van der Waals surface area contributed by atoms with E-state index in [2.05, 4.69) is 5.32 Å². The molecule has 0 aliphatic heterocycles. The van der Waals surface area contributed by atoms with Crippen molar-refractivity contribution in [2.75, 3.05) is 11.9 Å². The van der Waals surface area contributed by atoms with Crippen molar-refractivity contribution < 1.29 is 8.78 Å². The number of hydrogen-bond donors (Lipinski definition) is 2. The zero-order valence-corrected chi connectivity index (χ0v) is 11.7. The van der Waals surface area contributed by atoms with Crippen LogP contribution in [0.4, 0.5) is 14.5 Å². The Hall–Kier alpha value is -1.65. The molecule has 0 saturated heterocycles. The average Bonchev–Trinajstić information content (AvgIpc) is 2.42. The van der Waals surface area contributed by atoms with Crippen molar-refractivity contribution in [1.82, 2.24) is 0 Å². The number of halogens is 3. The summed E-state index contributed by atoms with van der Waals surface area (Å²) < 4.78 is 27.1. The van der Waals surface area contributed by atoms with Crippen molar-refractivity contribution >= 4 is 17.3 Å². The van der Waals surface area contributed by atoms with Crippen LogP contribution in [0.5, 0.6) is 0 Å². The van der Waals surface area contributed by atoms with E-state index < -0.39 is 11.9 Å². The molecule has 5 heteroatoms. The van der Waals surface area contributed by atoms with Crippen molar-refractivity contribution in [3.05, 3.63) is 64.2 Å². The Bertz CT molecular complexity index is 617. The van der Waals surface area contributed by atoms with Crippen LogP contribution in [0, 0.1) is 18.6 Å². The molecule has 106 valence electrons. The SMILES string of the molecule is Cc1ccc(F)c(C(CN)Nc2cc(F)ccc2Cl)c1. The first-order chi connectivity index (χ1) is 9.51. The maximum Gasteiger partial charge on any atom is 0.128 e. The molecule has 0 heterocycles. The van der Waals surface area contributed by atoms with Crippen molar-refractivity contribution in [1.29, 1.82) is 0 Å². The van der Waals surface area contributed by atoms with Crippen LogP contribution in [0.25, 0.3) is 0 Å². The minimum absolute atomic E-state index is 0.160. The highest BCUT2D eigenvalue weighted by atomic mass is 35.5. The van der Waals surface area contributed by atoms with Gasteiger partial charge in [-0.1, -0.05) is 29.3 Å². The second kappa shape index (κ2) is 6.20. The number of nitrogens with two attached hydrogens (primary N) is 1. The molecule has 20 heavy (non-hydrogen) atoms. The van der Waals surface area contributed by atoms with Crippen molar-refractivity contribution in [2.45, 2.75) is 13.0 Å². The molecule has 0 amide bonds. The highest BCUT2D eigenvalue weighted by molar-refractivity contribution is 6.33. The van der Waals surface area contributed by atoms with Crippen molar-refractivity contribution in [3.63, 3.8) is 0 Å². The zero-order valence-electron chi connectivity index (χ0n) is 11.0. The molecule has 3 N–H and O–H groups in total. The molecule has 0 aromatic heterocycles. The minimum Gasteiger partial charge on any atom is -0.376 e. The maximum absolute atomic E-state index is 13.9.